The minimum absolute atomic E-state index is 0.104. The van der Waals surface area contributed by atoms with Crippen LogP contribution in [0.15, 0.2) is 108 Å². The Labute approximate surface area is 210 Å². The third kappa shape index (κ3) is 4.45. The van der Waals surface area contributed by atoms with Crippen LogP contribution >= 0.6 is 0 Å². The van der Waals surface area contributed by atoms with Crippen molar-refractivity contribution < 1.29 is 17.9 Å². The summed E-state index contributed by atoms with van der Waals surface area (Å²) in [6.07, 6.45) is 3.71. The number of aromatic nitrogens is 2. The molecule has 0 N–H and O–H groups in total. The summed E-state index contributed by atoms with van der Waals surface area (Å²) >= 11 is 0. The number of nitrogens with zero attached hydrogens (tertiary/aromatic N) is 2. The highest BCUT2D eigenvalue weighted by atomic mass is 32.2. The molecule has 5 aromatic rings. The minimum atomic E-state index is -3.58. The van der Waals surface area contributed by atoms with Crippen LogP contribution in [-0.4, -0.2) is 37.9 Å². The maximum atomic E-state index is 13.5. The predicted molar refractivity (Wildman–Crippen MR) is 141 cm³/mol. The van der Waals surface area contributed by atoms with Gasteiger partial charge < -0.3 is 14.0 Å². The summed E-state index contributed by atoms with van der Waals surface area (Å²) < 4.78 is 39.9. The van der Waals surface area contributed by atoms with Gasteiger partial charge in [0.05, 0.1) is 30.9 Å². The molecule has 1 unspecified atom stereocenters. The minimum Gasteiger partial charge on any atom is -0.493 e. The Balaban J connectivity index is 1.69. The van der Waals surface area contributed by atoms with Crippen molar-refractivity contribution in [2.75, 3.05) is 20.0 Å². The van der Waals surface area contributed by atoms with Gasteiger partial charge in [0.15, 0.2) is 21.3 Å². The van der Waals surface area contributed by atoms with E-state index in [0.29, 0.717) is 22.0 Å². The number of hydrogen-bond donors (Lipinski definition) is 0. The van der Waals surface area contributed by atoms with Crippen LogP contribution in [0.4, 0.5) is 0 Å². The lowest BCUT2D eigenvalue weighted by Crippen LogP contribution is -2.21. The molecule has 0 aliphatic rings. The maximum absolute atomic E-state index is 13.5. The number of pyridine rings is 1. The van der Waals surface area contributed by atoms with Crippen molar-refractivity contribution in [1.82, 2.24) is 9.55 Å². The monoisotopic (exact) mass is 498 g/mol. The van der Waals surface area contributed by atoms with Crippen LogP contribution in [0.25, 0.3) is 22.2 Å². The van der Waals surface area contributed by atoms with E-state index in [4.69, 9.17) is 9.47 Å². The van der Waals surface area contributed by atoms with Crippen molar-refractivity contribution >= 4 is 20.9 Å². The smallest absolute Gasteiger partial charge is 0.180 e. The van der Waals surface area contributed by atoms with Crippen molar-refractivity contribution in [2.24, 2.45) is 0 Å². The van der Waals surface area contributed by atoms with E-state index in [1.165, 1.54) is 0 Å². The first-order valence-electron chi connectivity index (χ1n) is 11.5. The lowest BCUT2D eigenvalue weighted by molar-refractivity contribution is 0.355. The lowest BCUT2D eigenvalue weighted by atomic mass is 10.1. The largest absolute Gasteiger partial charge is 0.493 e. The second-order valence-electron chi connectivity index (χ2n) is 8.42. The van der Waals surface area contributed by atoms with Gasteiger partial charge in [-0.1, -0.05) is 54.6 Å². The first-order valence-corrected chi connectivity index (χ1v) is 13.2. The Hall–Kier alpha value is -4.10. The zero-order valence-corrected chi connectivity index (χ0v) is 20.9. The Kier molecular flexibility index (Phi) is 6.48. The van der Waals surface area contributed by atoms with Crippen LogP contribution in [0.2, 0.25) is 0 Å². The number of hydrogen-bond acceptors (Lipinski definition) is 5. The van der Waals surface area contributed by atoms with Gasteiger partial charge in [-0.2, -0.15) is 0 Å². The Morgan fingerprint density at radius 3 is 2.22 bits per heavy atom. The van der Waals surface area contributed by atoms with Crippen molar-refractivity contribution in [3.05, 3.63) is 109 Å². The fourth-order valence-electron chi connectivity index (χ4n) is 4.50. The van der Waals surface area contributed by atoms with E-state index in [2.05, 4.69) is 4.98 Å². The van der Waals surface area contributed by atoms with Gasteiger partial charge in [0.25, 0.3) is 0 Å². The summed E-state index contributed by atoms with van der Waals surface area (Å²) in [5.74, 6) is 1.15. The van der Waals surface area contributed by atoms with E-state index in [-0.39, 0.29) is 5.75 Å². The third-order valence-corrected chi connectivity index (χ3v) is 8.03. The fourth-order valence-corrected chi connectivity index (χ4v) is 6.03. The van der Waals surface area contributed by atoms with E-state index in [0.717, 1.165) is 22.1 Å². The zero-order chi connectivity index (χ0) is 25.1. The second-order valence-corrected chi connectivity index (χ2v) is 10.4. The summed E-state index contributed by atoms with van der Waals surface area (Å²) in [7, 11) is -0.379. The average molecular weight is 499 g/mol. The average Bonchev–Trinajstić information content (AvgIpc) is 3.32. The molecule has 6 nitrogen and oxygen atoms in total. The van der Waals surface area contributed by atoms with Crippen LogP contribution in [-0.2, 0) is 9.84 Å². The van der Waals surface area contributed by atoms with E-state index < -0.39 is 15.9 Å². The Morgan fingerprint density at radius 1 is 0.833 bits per heavy atom. The molecule has 0 radical (unpaired) electrons. The Bertz CT molecular complexity index is 1600. The standard InChI is InChI=1S/C29H26N2O4S/c1-34-27-16-15-22(18-28(27)35-2)25-19-31(29-24(25)14-9-17-30-29)26(21-10-5-3-6-11-21)20-36(32,33)23-12-7-4-8-13-23/h3-19,26H,20H2,1-2H3. The summed E-state index contributed by atoms with van der Waals surface area (Å²) in [5, 5.41) is 0.919. The van der Waals surface area contributed by atoms with Gasteiger partial charge in [-0.25, -0.2) is 13.4 Å². The number of rotatable bonds is 8. The van der Waals surface area contributed by atoms with Crippen LogP contribution in [0, 0.1) is 0 Å². The molecule has 7 heteroatoms. The molecular formula is C29H26N2O4S. The molecule has 3 aromatic carbocycles. The topological polar surface area (TPSA) is 70.4 Å². The molecule has 0 spiro atoms. The van der Waals surface area contributed by atoms with Crippen molar-refractivity contribution in [3.63, 3.8) is 0 Å². The molecule has 1 atom stereocenters. The molecule has 2 heterocycles. The van der Waals surface area contributed by atoms with Crippen LogP contribution < -0.4 is 9.47 Å². The number of benzene rings is 3. The molecular weight excluding hydrogens is 472 g/mol. The second kappa shape index (κ2) is 9.87. The molecule has 2 aromatic heterocycles. The molecule has 0 bridgehead atoms. The van der Waals surface area contributed by atoms with Gasteiger partial charge in [-0.05, 0) is 47.5 Å². The molecule has 0 aliphatic heterocycles. The SMILES string of the molecule is COc1ccc(-c2cn(C(CS(=O)(=O)c3ccccc3)c3ccccc3)c3ncccc23)cc1OC. The first kappa shape index (κ1) is 23.6. The molecule has 36 heavy (non-hydrogen) atoms. The highest BCUT2D eigenvalue weighted by Gasteiger charge is 2.26. The Morgan fingerprint density at radius 2 is 1.53 bits per heavy atom. The van der Waals surface area contributed by atoms with Gasteiger partial charge in [0.2, 0.25) is 0 Å². The van der Waals surface area contributed by atoms with Crippen LogP contribution in [0.5, 0.6) is 11.5 Å². The maximum Gasteiger partial charge on any atom is 0.180 e. The molecule has 0 saturated carbocycles. The molecule has 0 fully saturated rings. The number of methoxy groups -OCH3 is 2. The summed E-state index contributed by atoms with van der Waals surface area (Å²) in [6, 6.07) is 27.4. The van der Waals surface area contributed by atoms with E-state index in [9.17, 15) is 8.42 Å². The van der Waals surface area contributed by atoms with Gasteiger partial charge in [-0.3, -0.25) is 0 Å². The van der Waals surface area contributed by atoms with E-state index in [1.54, 1.807) is 44.7 Å². The molecule has 0 aliphatic carbocycles. The molecule has 0 saturated heterocycles. The highest BCUT2D eigenvalue weighted by molar-refractivity contribution is 7.91. The van der Waals surface area contributed by atoms with E-state index in [1.807, 2.05) is 77.5 Å². The quantitative estimate of drug-likeness (QED) is 0.271. The fraction of sp³-hybridized carbons (Fsp3) is 0.138. The van der Waals surface area contributed by atoms with Gasteiger partial charge in [0.1, 0.15) is 5.65 Å². The summed E-state index contributed by atoms with van der Waals surface area (Å²) in [5.41, 5.74) is 3.44. The van der Waals surface area contributed by atoms with Crippen LogP contribution in [0.1, 0.15) is 11.6 Å². The van der Waals surface area contributed by atoms with Crippen molar-refractivity contribution in [3.8, 4) is 22.6 Å². The summed E-state index contributed by atoms with van der Waals surface area (Å²) in [4.78, 5) is 4.97. The molecule has 0 amide bonds. The predicted octanol–water partition coefficient (Wildman–Crippen LogP) is 5.78. The van der Waals surface area contributed by atoms with Crippen LogP contribution in [0.3, 0.4) is 0 Å². The zero-order valence-electron chi connectivity index (χ0n) is 20.0. The van der Waals surface area contributed by atoms with Gasteiger partial charge in [0, 0.05) is 23.3 Å². The number of fused-ring (bicyclic) bond motifs is 1. The van der Waals surface area contributed by atoms with Gasteiger partial charge >= 0.3 is 0 Å². The lowest BCUT2D eigenvalue weighted by Gasteiger charge is -2.20. The van der Waals surface area contributed by atoms with Crippen molar-refractivity contribution in [2.45, 2.75) is 10.9 Å². The van der Waals surface area contributed by atoms with Gasteiger partial charge in [-0.15, -0.1) is 0 Å². The normalized spacial score (nSPS) is 12.4. The highest BCUT2D eigenvalue weighted by Crippen LogP contribution is 2.38. The third-order valence-electron chi connectivity index (χ3n) is 6.28. The number of ether oxygens (including phenoxy) is 2. The summed E-state index contributed by atoms with van der Waals surface area (Å²) in [6.45, 7) is 0. The number of sulfone groups is 1. The van der Waals surface area contributed by atoms with E-state index >= 15 is 0 Å². The molecule has 5 rings (SSSR count). The first-order chi connectivity index (χ1) is 17.5. The van der Waals surface area contributed by atoms with Crippen molar-refractivity contribution in [1.29, 1.82) is 0 Å². The molecule has 182 valence electrons.